The molecule has 1 fully saturated rings. The Labute approximate surface area is 178 Å². The molecule has 1 saturated heterocycles. The third-order valence-electron chi connectivity index (χ3n) is 4.95. The van der Waals surface area contributed by atoms with Crippen LogP contribution in [0.5, 0.6) is 0 Å². The van der Waals surface area contributed by atoms with E-state index in [4.69, 9.17) is 0 Å². The van der Waals surface area contributed by atoms with E-state index in [1.807, 2.05) is 24.5 Å². The van der Waals surface area contributed by atoms with Crippen LogP contribution >= 0.6 is 23.1 Å². The maximum absolute atomic E-state index is 12.9. The number of sulfonamides is 1. The fourth-order valence-electron chi connectivity index (χ4n) is 3.43. The van der Waals surface area contributed by atoms with Gasteiger partial charge in [0.2, 0.25) is 15.9 Å². The monoisotopic (exact) mass is 447 g/mol. The van der Waals surface area contributed by atoms with Gasteiger partial charge in [0.05, 0.1) is 21.0 Å². The molecule has 0 aliphatic carbocycles. The Balaban J connectivity index is 1.47. The smallest absolute Gasteiger partial charge is 0.243 e. The first-order valence-electron chi connectivity index (χ1n) is 9.28. The number of benzene rings is 2. The molecule has 0 radical (unpaired) electrons. The van der Waals surface area contributed by atoms with Crippen LogP contribution in [-0.2, 0) is 14.8 Å². The Hall–Kier alpha value is -1.94. The number of piperidine rings is 1. The zero-order chi connectivity index (χ0) is 20.4. The van der Waals surface area contributed by atoms with Crippen molar-refractivity contribution in [3.8, 4) is 0 Å². The summed E-state index contributed by atoms with van der Waals surface area (Å²) >= 11 is 3.18. The summed E-state index contributed by atoms with van der Waals surface area (Å²) in [5.41, 5.74) is 1.62. The number of thiazole rings is 1. The molecule has 1 aliphatic rings. The number of rotatable bonds is 5. The number of carbonyl (C=O) groups excluding carboxylic acids is 1. The molecular weight excluding hydrogens is 426 g/mol. The fourth-order valence-corrected chi connectivity index (χ4v) is 6.50. The molecule has 4 rings (SSSR count). The van der Waals surface area contributed by atoms with E-state index in [1.54, 1.807) is 53.4 Å². The van der Waals surface area contributed by atoms with Gasteiger partial charge in [-0.25, -0.2) is 13.4 Å². The van der Waals surface area contributed by atoms with Gasteiger partial charge >= 0.3 is 0 Å². The van der Waals surface area contributed by atoms with Gasteiger partial charge < -0.3 is 5.32 Å². The highest BCUT2D eigenvalue weighted by Gasteiger charge is 2.33. The van der Waals surface area contributed by atoms with Crippen molar-refractivity contribution in [3.05, 3.63) is 48.5 Å². The van der Waals surface area contributed by atoms with Crippen LogP contribution in [0.2, 0.25) is 0 Å². The molecule has 9 heteroatoms. The summed E-state index contributed by atoms with van der Waals surface area (Å²) in [6.45, 7) is 0.633. The summed E-state index contributed by atoms with van der Waals surface area (Å²) in [4.78, 5) is 17.6. The SMILES string of the molecule is CSc1nc2ccc(NC(=O)C3CCCN(S(=O)(=O)c4ccccc4)C3)cc2s1. The minimum Gasteiger partial charge on any atom is -0.326 e. The number of nitrogens with one attached hydrogen (secondary N) is 1. The van der Waals surface area contributed by atoms with Crippen molar-refractivity contribution in [1.29, 1.82) is 0 Å². The van der Waals surface area contributed by atoms with Crippen molar-refractivity contribution in [2.24, 2.45) is 5.92 Å². The van der Waals surface area contributed by atoms with Crippen LogP contribution in [0.3, 0.4) is 0 Å². The van der Waals surface area contributed by atoms with Gasteiger partial charge in [0.15, 0.2) is 4.34 Å². The number of thioether (sulfide) groups is 1. The summed E-state index contributed by atoms with van der Waals surface area (Å²) < 4.78 is 29.2. The van der Waals surface area contributed by atoms with Crippen LogP contribution in [0.4, 0.5) is 5.69 Å². The highest BCUT2D eigenvalue weighted by molar-refractivity contribution is 8.00. The lowest BCUT2D eigenvalue weighted by Gasteiger charge is -2.31. The standard InChI is InChI=1S/C20H21N3O3S3/c1-27-20-22-17-10-9-15(12-18(17)28-20)21-19(24)14-6-5-11-23(13-14)29(25,26)16-7-3-2-4-8-16/h2-4,7-10,12,14H,5-6,11,13H2,1H3,(H,21,24). The lowest BCUT2D eigenvalue weighted by atomic mass is 9.99. The third-order valence-corrected chi connectivity index (χ3v) is 8.83. The quantitative estimate of drug-likeness (QED) is 0.597. The molecule has 1 amide bonds. The van der Waals surface area contributed by atoms with Crippen molar-refractivity contribution in [2.75, 3.05) is 24.7 Å². The van der Waals surface area contributed by atoms with E-state index in [0.717, 1.165) is 14.6 Å². The molecule has 2 aromatic carbocycles. The molecule has 0 bridgehead atoms. The second-order valence-electron chi connectivity index (χ2n) is 6.87. The second-order valence-corrected chi connectivity index (χ2v) is 10.9. The summed E-state index contributed by atoms with van der Waals surface area (Å²) in [5.74, 6) is -0.520. The predicted octanol–water partition coefficient (Wildman–Crippen LogP) is 4.06. The highest BCUT2D eigenvalue weighted by atomic mass is 32.2. The van der Waals surface area contributed by atoms with Crippen LogP contribution in [-0.4, -0.2) is 43.0 Å². The Kier molecular flexibility index (Phi) is 5.91. The summed E-state index contributed by atoms with van der Waals surface area (Å²) in [5, 5.41) is 2.95. The Morgan fingerprint density at radius 3 is 2.79 bits per heavy atom. The van der Waals surface area contributed by atoms with E-state index in [1.165, 1.54) is 4.31 Å². The number of nitrogens with zero attached hydrogens (tertiary/aromatic N) is 2. The Bertz CT molecular complexity index is 1130. The van der Waals surface area contributed by atoms with E-state index in [2.05, 4.69) is 10.3 Å². The molecular formula is C20H21N3O3S3. The van der Waals surface area contributed by atoms with Gasteiger partial charge in [0, 0.05) is 18.8 Å². The summed E-state index contributed by atoms with van der Waals surface area (Å²) in [7, 11) is -3.59. The first-order valence-corrected chi connectivity index (χ1v) is 12.8. The first-order chi connectivity index (χ1) is 14.0. The first kappa shape index (κ1) is 20.3. The van der Waals surface area contributed by atoms with Crippen molar-refractivity contribution in [3.63, 3.8) is 0 Å². The molecule has 152 valence electrons. The molecule has 1 N–H and O–H groups in total. The number of carbonyl (C=O) groups is 1. The van der Waals surface area contributed by atoms with Gasteiger partial charge in [-0.2, -0.15) is 4.31 Å². The molecule has 1 unspecified atom stereocenters. The maximum Gasteiger partial charge on any atom is 0.243 e. The van der Waals surface area contributed by atoms with Gasteiger partial charge in [-0.15, -0.1) is 11.3 Å². The Morgan fingerprint density at radius 2 is 2.03 bits per heavy atom. The third kappa shape index (κ3) is 4.32. The Morgan fingerprint density at radius 1 is 1.24 bits per heavy atom. The zero-order valence-electron chi connectivity index (χ0n) is 15.9. The van der Waals surface area contributed by atoms with E-state index < -0.39 is 10.0 Å². The van der Waals surface area contributed by atoms with E-state index >= 15 is 0 Å². The van der Waals surface area contributed by atoms with Crippen molar-refractivity contribution >= 4 is 54.9 Å². The average molecular weight is 448 g/mol. The molecule has 1 aliphatic heterocycles. The largest absolute Gasteiger partial charge is 0.326 e. The zero-order valence-corrected chi connectivity index (χ0v) is 18.3. The maximum atomic E-state index is 12.9. The molecule has 6 nitrogen and oxygen atoms in total. The molecule has 0 saturated carbocycles. The minimum absolute atomic E-state index is 0.146. The van der Waals surface area contributed by atoms with Crippen molar-refractivity contribution in [2.45, 2.75) is 22.1 Å². The van der Waals surface area contributed by atoms with Gasteiger partial charge in [-0.1, -0.05) is 30.0 Å². The predicted molar refractivity (Wildman–Crippen MR) is 118 cm³/mol. The van der Waals surface area contributed by atoms with Gasteiger partial charge in [-0.3, -0.25) is 4.79 Å². The van der Waals surface area contributed by atoms with Gasteiger partial charge in [0.1, 0.15) is 0 Å². The second kappa shape index (κ2) is 8.43. The lowest BCUT2D eigenvalue weighted by molar-refractivity contribution is -0.120. The van der Waals surface area contributed by atoms with Gasteiger partial charge in [-0.05, 0) is 49.4 Å². The van der Waals surface area contributed by atoms with Gasteiger partial charge in [0.25, 0.3) is 0 Å². The number of aromatic nitrogens is 1. The number of hydrogen-bond donors (Lipinski definition) is 1. The van der Waals surface area contributed by atoms with E-state index in [0.29, 0.717) is 25.1 Å². The van der Waals surface area contributed by atoms with E-state index in [-0.39, 0.29) is 23.3 Å². The highest BCUT2D eigenvalue weighted by Crippen LogP contribution is 2.30. The topological polar surface area (TPSA) is 79.4 Å². The van der Waals surface area contributed by atoms with Crippen molar-refractivity contribution < 1.29 is 13.2 Å². The van der Waals surface area contributed by atoms with E-state index in [9.17, 15) is 13.2 Å². The fraction of sp³-hybridized carbons (Fsp3) is 0.300. The number of anilines is 1. The molecule has 1 aromatic heterocycles. The number of fused-ring (bicyclic) bond motifs is 1. The van der Waals surface area contributed by atoms with Crippen molar-refractivity contribution in [1.82, 2.24) is 9.29 Å². The molecule has 2 heterocycles. The normalized spacial score (nSPS) is 18.0. The molecule has 1 atom stereocenters. The minimum atomic E-state index is -3.59. The molecule has 29 heavy (non-hydrogen) atoms. The lowest BCUT2D eigenvalue weighted by Crippen LogP contribution is -2.43. The number of hydrogen-bond acceptors (Lipinski definition) is 6. The summed E-state index contributed by atoms with van der Waals surface area (Å²) in [6, 6.07) is 14.0. The molecule has 0 spiro atoms. The molecule has 3 aromatic rings. The number of amides is 1. The average Bonchev–Trinajstić information content (AvgIpc) is 3.17. The summed E-state index contributed by atoms with van der Waals surface area (Å²) in [6.07, 6.45) is 3.32. The van der Waals surface area contributed by atoms with Crippen LogP contribution in [0.1, 0.15) is 12.8 Å². The van der Waals surface area contributed by atoms with Crippen LogP contribution in [0.25, 0.3) is 10.2 Å². The van der Waals surface area contributed by atoms with Crippen LogP contribution < -0.4 is 5.32 Å². The van der Waals surface area contributed by atoms with Crippen LogP contribution in [0, 0.1) is 5.92 Å². The van der Waals surface area contributed by atoms with Crippen LogP contribution in [0.15, 0.2) is 57.8 Å².